The first kappa shape index (κ1) is 13.1. The summed E-state index contributed by atoms with van der Waals surface area (Å²) in [6, 6.07) is 14.5. The maximum absolute atomic E-state index is 5.29. The molecule has 4 rings (SSSR count). The number of aryl methyl sites for hydroxylation is 1. The van der Waals surface area contributed by atoms with Crippen LogP contribution >= 0.6 is 0 Å². The van der Waals surface area contributed by atoms with E-state index in [1.807, 2.05) is 18.2 Å². The van der Waals surface area contributed by atoms with E-state index in [9.17, 15) is 0 Å². The van der Waals surface area contributed by atoms with Gasteiger partial charge in [0.25, 0.3) is 0 Å². The van der Waals surface area contributed by atoms with Crippen LogP contribution in [0.15, 0.2) is 48.8 Å². The van der Waals surface area contributed by atoms with Gasteiger partial charge in [-0.2, -0.15) is 0 Å². The van der Waals surface area contributed by atoms with Crippen LogP contribution in [0.5, 0.6) is 5.75 Å². The van der Waals surface area contributed by atoms with Crippen molar-refractivity contribution in [2.75, 3.05) is 18.6 Å². The van der Waals surface area contributed by atoms with E-state index in [1.54, 1.807) is 13.4 Å². The number of para-hydroxylation sites is 1. The van der Waals surface area contributed by atoms with Crippen molar-refractivity contribution in [3.63, 3.8) is 0 Å². The number of hydrogen-bond donors (Lipinski definition) is 0. The van der Waals surface area contributed by atoms with Crippen LogP contribution < -0.4 is 9.64 Å². The van der Waals surface area contributed by atoms with Gasteiger partial charge in [-0.05, 0) is 36.6 Å². The fraction of sp³-hybridized carbons (Fsp3) is 0.222. The van der Waals surface area contributed by atoms with E-state index in [-0.39, 0.29) is 0 Å². The third kappa shape index (κ3) is 2.08. The normalized spacial score (nSPS) is 14.0. The largest absolute Gasteiger partial charge is 0.497 e. The van der Waals surface area contributed by atoms with Crippen molar-refractivity contribution in [1.82, 2.24) is 9.97 Å². The molecule has 1 aromatic heterocycles. The zero-order valence-corrected chi connectivity index (χ0v) is 12.5. The number of benzene rings is 2. The lowest BCUT2D eigenvalue weighted by Gasteiger charge is -2.31. The van der Waals surface area contributed by atoms with Crippen molar-refractivity contribution in [3.8, 4) is 5.75 Å². The number of rotatable bonds is 2. The molecule has 0 saturated heterocycles. The second-order valence-electron chi connectivity index (χ2n) is 5.46. The Morgan fingerprint density at radius 3 is 2.91 bits per heavy atom. The highest BCUT2D eigenvalue weighted by atomic mass is 16.5. The summed E-state index contributed by atoms with van der Waals surface area (Å²) >= 11 is 0. The van der Waals surface area contributed by atoms with Gasteiger partial charge >= 0.3 is 0 Å². The Kier molecular flexibility index (Phi) is 3.15. The van der Waals surface area contributed by atoms with E-state index in [2.05, 4.69) is 39.1 Å². The Labute approximate surface area is 129 Å². The summed E-state index contributed by atoms with van der Waals surface area (Å²) in [5, 5.41) is 1.06. The van der Waals surface area contributed by atoms with Gasteiger partial charge in [-0.15, -0.1) is 0 Å². The number of methoxy groups -OCH3 is 1. The topological polar surface area (TPSA) is 38.2 Å². The highest BCUT2D eigenvalue weighted by molar-refractivity contribution is 5.92. The summed E-state index contributed by atoms with van der Waals surface area (Å²) < 4.78 is 5.29. The Bertz CT molecular complexity index is 831. The van der Waals surface area contributed by atoms with Crippen LogP contribution in [0.3, 0.4) is 0 Å². The monoisotopic (exact) mass is 291 g/mol. The maximum Gasteiger partial charge on any atom is 0.144 e. The SMILES string of the molecule is COc1ccc2c(N3CCCc4ccccc43)ncnc2c1. The standard InChI is InChI=1S/C18H17N3O/c1-22-14-8-9-15-16(11-14)19-12-20-18(15)21-10-4-6-13-5-2-3-7-17(13)21/h2-3,5,7-9,11-12H,4,6,10H2,1H3. The summed E-state index contributed by atoms with van der Waals surface area (Å²) in [6.07, 6.45) is 3.90. The maximum atomic E-state index is 5.29. The predicted octanol–water partition coefficient (Wildman–Crippen LogP) is 3.72. The molecule has 0 radical (unpaired) electrons. The van der Waals surface area contributed by atoms with Gasteiger partial charge in [0.15, 0.2) is 0 Å². The molecule has 1 aliphatic heterocycles. The molecule has 0 saturated carbocycles. The Morgan fingerprint density at radius 1 is 1.09 bits per heavy atom. The minimum absolute atomic E-state index is 0.816. The van der Waals surface area contributed by atoms with Crippen molar-refractivity contribution >= 4 is 22.4 Å². The summed E-state index contributed by atoms with van der Waals surface area (Å²) in [4.78, 5) is 11.2. The van der Waals surface area contributed by atoms with E-state index in [1.165, 1.54) is 11.3 Å². The Hall–Kier alpha value is -2.62. The van der Waals surface area contributed by atoms with Crippen molar-refractivity contribution in [3.05, 3.63) is 54.4 Å². The van der Waals surface area contributed by atoms with Crippen molar-refractivity contribution in [2.24, 2.45) is 0 Å². The zero-order chi connectivity index (χ0) is 14.9. The predicted molar refractivity (Wildman–Crippen MR) is 87.9 cm³/mol. The van der Waals surface area contributed by atoms with Crippen LogP contribution in [0.2, 0.25) is 0 Å². The van der Waals surface area contributed by atoms with Gasteiger partial charge in [0.1, 0.15) is 17.9 Å². The van der Waals surface area contributed by atoms with E-state index in [0.29, 0.717) is 0 Å². The third-order valence-electron chi connectivity index (χ3n) is 4.19. The lowest BCUT2D eigenvalue weighted by molar-refractivity contribution is 0.415. The van der Waals surface area contributed by atoms with E-state index in [4.69, 9.17) is 4.74 Å². The molecule has 3 aromatic rings. The number of fused-ring (bicyclic) bond motifs is 2. The second-order valence-corrected chi connectivity index (χ2v) is 5.46. The summed E-state index contributed by atoms with van der Waals surface area (Å²) in [5.74, 6) is 1.79. The number of ether oxygens (including phenoxy) is 1. The first-order valence-corrected chi connectivity index (χ1v) is 7.51. The number of anilines is 2. The summed E-state index contributed by atoms with van der Waals surface area (Å²) in [5.41, 5.74) is 3.55. The molecule has 1 aliphatic rings. The molecule has 0 amide bonds. The third-order valence-corrected chi connectivity index (χ3v) is 4.19. The van der Waals surface area contributed by atoms with Crippen LogP contribution in [0, 0.1) is 0 Å². The van der Waals surface area contributed by atoms with Gasteiger partial charge in [0.05, 0.1) is 12.6 Å². The fourth-order valence-corrected chi connectivity index (χ4v) is 3.12. The quantitative estimate of drug-likeness (QED) is 0.721. The average molecular weight is 291 g/mol. The van der Waals surface area contributed by atoms with Crippen molar-refractivity contribution < 1.29 is 4.74 Å². The molecule has 0 unspecified atom stereocenters. The van der Waals surface area contributed by atoms with E-state index in [0.717, 1.165) is 41.9 Å². The lowest BCUT2D eigenvalue weighted by Crippen LogP contribution is -2.25. The zero-order valence-electron chi connectivity index (χ0n) is 12.5. The van der Waals surface area contributed by atoms with Crippen molar-refractivity contribution in [1.29, 1.82) is 0 Å². The van der Waals surface area contributed by atoms with Gasteiger partial charge in [-0.1, -0.05) is 18.2 Å². The molecule has 0 aliphatic carbocycles. The molecular weight excluding hydrogens is 274 g/mol. The molecule has 0 atom stereocenters. The molecule has 22 heavy (non-hydrogen) atoms. The molecule has 2 heterocycles. The Balaban J connectivity index is 1.89. The van der Waals surface area contributed by atoms with Crippen LogP contribution in [-0.4, -0.2) is 23.6 Å². The van der Waals surface area contributed by atoms with Gasteiger partial charge < -0.3 is 9.64 Å². The highest BCUT2D eigenvalue weighted by Crippen LogP contribution is 2.35. The average Bonchev–Trinajstić information content (AvgIpc) is 2.60. The number of hydrogen-bond acceptors (Lipinski definition) is 4. The van der Waals surface area contributed by atoms with E-state index >= 15 is 0 Å². The fourth-order valence-electron chi connectivity index (χ4n) is 3.12. The molecule has 110 valence electrons. The van der Waals surface area contributed by atoms with Gasteiger partial charge in [-0.3, -0.25) is 0 Å². The Morgan fingerprint density at radius 2 is 2.00 bits per heavy atom. The molecule has 0 spiro atoms. The van der Waals surface area contributed by atoms with Gasteiger partial charge in [0.2, 0.25) is 0 Å². The highest BCUT2D eigenvalue weighted by Gasteiger charge is 2.20. The molecule has 4 nitrogen and oxygen atoms in total. The van der Waals surface area contributed by atoms with Crippen LogP contribution in [0.25, 0.3) is 10.9 Å². The molecule has 2 aromatic carbocycles. The molecule has 0 N–H and O–H groups in total. The van der Waals surface area contributed by atoms with Crippen LogP contribution in [0.4, 0.5) is 11.5 Å². The second kappa shape index (κ2) is 5.30. The van der Waals surface area contributed by atoms with Crippen molar-refractivity contribution in [2.45, 2.75) is 12.8 Å². The van der Waals surface area contributed by atoms with Gasteiger partial charge in [-0.25, -0.2) is 9.97 Å². The smallest absolute Gasteiger partial charge is 0.144 e. The molecule has 0 fully saturated rings. The van der Waals surface area contributed by atoms with Gasteiger partial charge in [0, 0.05) is 23.7 Å². The number of nitrogens with zero attached hydrogens (tertiary/aromatic N) is 3. The first-order valence-electron chi connectivity index (χ1n) is 7.51. The summed E-state index contributed by atoms with van der Waals surface area (Å²) in [6.45, 7) is 0.981. The summed E-state index contributed by atoms with van der Waals surface area (Å²) in [7, 11) is 1.67. The van der Waals surface area contributed by atoms with Crippen LogP contribution in [-0.2, 0) is 6.42 Å². The first-order chi connectivity index (χ1) is 10.9. The van der Waals surface area contributed by atoms with E-state index < -0.39 is 0 Å². The molecular formula is C18H17N3O. The molecule has 0 bridgehead atoms. The minimum atomic E-state index is 0.816. The number of aromatic nitrogens is 2. The molecule has 4 heteroatoms. The minimum Gasteiger partial charge on any atom is -0.497 e. The lowest BCUT2D eigenvalue weighted by atomic mass is 10.0. The van der Waals surface area contributed by atoms with Crippen LogP contribution in [0.1, 0.15) is 12.0 Å².